The highest BCUT2D eigenvalue weighted by Gasteiger charge is 2.14. The lowest BCUT2D eigenvalue weighted by Gasteiger charge is -2.07. The number of carbonyl (C=O) groups excluding carboxylic acids is 2. The summed E-state index contributed by atoms with van der Waals surface area (Å²) in [4.78, 5) is 22.7. The molecule has 7 nitrogen and oxygen atoms in total. The van der Waals surface area contributed by atoms with E-state index in [1.165, 1.54) is 13.2 Å². The molecular weight excluding hydrogens is 344 g/mol. The molecular formula is C13H15BrN2O5. The van der Waals surface area contributed by atoms with Crippen LogP contribution in [0.2, 0.25) is 0 Å². The fourth-order valence-electron chi connectivity index (χ4n) is 1.50. The van der Waals surface area contributed by atoms with Gasteiger partial charge in [0.1, 0.15) is 11.5 Å². The first-order valence-electron chi connectivity index (χ1n) is 6.01. The molecule has 0 saturated heterocycles. The number of ether oxygens (including phenoxy) is 1. The second-order valence-electron chi connectivity index (χ2n) is 4.09. The molecule has 0 radical (unpaired) electrons. The fourth-order valence-corrected chi connectivity index (χ4v) is 1.92. The van der Waals surface area contributed by atoms with Crippen LogP contribution in [-0.4, -0.2) is 41.6 Å². The van der Waals surface area contributed by atoms with E-state index in [9.17, 15) is 14.7 Å². The lowest BCUT2D eigenvalue weighted by atomic mass is 10.1. The first kappa shape index (κ1) is 17.0. The maximum atomic E-state index is 11.8. The Balaban J connectivity index is 2.60. The second-order valence-corrected chi connectivity index (χ2v) is 4.95. The van der Waals surface area contributed by atoms with Gasteiger partial charge in [-0.25, -0.2) is 0 Å². The van der Waals surface area contributed by atoms with Crippen LogP contribution in [0.1, 0.15) is 12.0 Å². The number of rotatable bonds is 6. The predicted octanol–water partition coefficient (Wildman–Crippen LogP) is 1.21. The van der Waals surface area contributed by atoms with E-state index in [1.807, 2.05) is 0 Å². The number of methoxy groups -OCH3 is 1. The number of phenols is 1. The van der Waals surface area contributed by atoms with Gasteiger partial charge in [0.25, 0.3) is 5.91 Å². The third-order valence-electron chi connectivity index (χ3n) is 2.61. The highest BCUT2D eigenvalue weighted by atomic mass is 79.9. The van der Waals surface area contributed by atoms with Gasteiger partial charge in [-0.15, -0.1) is 0 Å². The van der Waals surface area contributed by atoms with Crippen molar-refractivity contribution in [1.82, 2.24) is 5.32 Å². The van der Waals surface area contributed by atoms with Gasteiger partial charge < -0.3 is 20.4 Å². The monoisotopic (exact) mass is 358 g/mol. The van der Waals surface area contributed by atoms with Gasteiger partial charge in [0.05, 0.1) is 18.0 Å². The van der Waals surface area contributed by atoms with Gasteiger partial charge in [-0.05, 0) is 33.6 Å². The van der Waals surface area contributed by atoms with Crippen molar-refractivity contribution >= 4 is 33.5 Å². The van der Waals surface area contributed by atoms with E-state index in [2.05, 4.69) is 31.1 Å². The first-order chi connectivity index (χ1) is 9.97. The third kappa shape index (κ3) is 5.42. The number of halogens is 1. The molecule has 0 aliphatic rings. The standard InChI is InChI=1S/C13H15BrN2O5/c1-21-12(18)4-5-15-13(19)10(16-20)7-8-2-3-11(17)9(14)6-8/h2-3,6,17,20H,4-5,7H2,1H3,(H,15,19). The normalized spacial score (nSPS) is 11.0. The minimum atomic E-state index is -0.578. The number of phenolic OH excluding ortho intramolecular Hbond substituents is 1. The van der Waals surface area contributed by atoms with Crippen molar-refractivity contribution < 1.29 is 24.6 Å². The minimum absolute atomic E-state index is 0.0334. The minimum Gasteiger partial charge on any atom is -0.507 e. The van der Waals surface area contributed by atoms with Crippen LogP contribution in [0.3, 0.4) is 0 Å². The predicted molar refractivity (Wildman–Crippen MR) is 78.4 cm³/mol. The number of nitrogens with zero attached hydrogens (tertiary/aromatic N) is 1. The molecule has 3 N–H and O–H groups in total. The third-order valence-corrected chi connectivity index (χ3v) is 3.24. The quantitative estimate of drug-likeness (QED) is 0.306. The summed E-state index contributed by atoms with van der Waals surface area (Å²) < 4.78 is 4.92. The molecule has 1 rings (SSSR count). The average molecular weight is 359 g/mol. The summed E-state index contributed by atoms with van der Waals surface area (Å²) in [6, 6.07) is 4.68. The summed E-state index contributed by atoms with van der Waals surface area (Å²) in [5, 5.41) is 23.7. The molecule has 0 fully saturated rings. The number of aromatic hydroxyl groups is 1. The molecule has 0 bridgehead atoms. The van der Waals surface area contributed by atoms with Crippen molar-refractivity contribution in [2.45, 2.75) is 12.8 Å². The summed E-state index contributed by atoms with van der Waals surface area (Å²) in [5.41, 5.74) is 0.577. The van der Waals surface area contributed by atoms with Gasteiger partial charge in [-0.2, -0.15) is 0 Å². The van der Waals surface area contributed by atoms with E-state index in [0.717, 1.165) is 0 Å². The Kier molecular flexibility index (Phi) is 6.67. The molecule has 1 aromatic rings. The Labute approximate surface area is 129 Å². The van der Waals surface area contributed by atoms with Gasteiger partial charge >= 0.3 is 5.97 Å². The molecule has 0 aliphatic heterocycles. The van der Waals surface area contributed by atoms with Gasteiger partial charge in [0, 0.05) is 13.0 Å². The van der Waals surface area contributed by atoms with Gasteiger partial charge in [0.15, 0.2) is 0 Å². The smallest absolute Gasteiger partial charge is 0.307 e. The van der Waals surface area contributed by atoms with Gasteiger partial charge in [0.2, 0.25) is 0 Å². The van der Waals surface area contributed by atoms with E-state index in [4.69, 9.17) is 5.21 Å². The van der Waals surface area contributed by atoms with Gasteiger partial charge in [-0.1, -0.05) is 11.2 Å². The zero-order chi connectivity index (χ0) is 15.8. The Bertz CT molecular complexity index is 559. The number of hydrogen-bond donors (Lipinski definition) is 3. The molecule has 1 aromatic carbocycles. The summed E-state index contributed by atoms with van der Waals surface area (Å²) >= 11 is 3.16. The fraction of sp³-hybridized carbons (Fsp3) is 0.308. The van der Waals surface area contributed by atoms with Crippen molar-refractivity contribution in [3.05, 3.63) is 28.2 Å². The molecule has 1 amide bonds. The molecule has 0 aromatic heterocycles. The lowest BCUT2D eigenvalue weighted by molar-refractivity contribution is -0.140. The molecule has 0 aliphatic carbocycles. The zero-order valence-corrected chi connectivity index (χ0v) is 12.9. The van der Waals surface area contributed by atoms with Crippen molar-refractivity contribution in [3.63, 3.8) is 0 Å². The molecule has 8 heteroatoms. The van der Waals surface area contributed by atoms with E-state index >= 15 is 0 Å². The zero-order valence-electron chi connectivity index (χ0n) is 11.3. The van der Waals surface area contributed by atoms with E-state index in [-0.39, 0.29) is 30.8 Å². The van der Waals surface area contributed by atoms with Crippen LogP contribution in [0, 0.1) is 0 Å². The summed E-state index contributed by atoms with van der Waals surface area (Å²) in [7, 11) is 1.26. The second kappa shape index (κ2) is 8.25. The summed E-state index contributed by atoms with van der Waals surface area (Å²) in [6.07, 6.45) is 0.116. The molecule has 0 unspecified atom stereocenters. The van der Waals surface area contributed by atoms with Crippen LogP contribution in [0.5, 0.6) is 5.75 Å². The van der Waals surface area contributed by atoms with Crippen LogP contribution < -0.4 is 5.32 Å². The molecule has 0 spiro atoms. The number of amides is 1. The average Bonchev–Trinajstić information content (AvgIpc) is 2.47. The number of oxime groups is 1. The van der Waals surface area contributed by atoms with E-state index in [0.29, 0.717) is 10.0 Å². The molecule has 21 heavy (non-hydrogen) atoms. The highest BCUT2D eigenvalue weighted by Crippen LogP contribution is 2.24. The maximum absolute atomic E-state index is 11.8. The van der Waals surface area contributed by atoms with Crippen LogP contribution in [0.15, 0.2) is 27.8 Å². The summed E-state index contributed by atoms with van der Waals surface area (Å²) in [6.45, 7) is 0.0871. The number of benzene rings is 1. The van der Waals surface area contributed by atoms with Crippen molar-refractivity contribution in [2.24, 2.45) is 5.16 Å². The van der Waals surface area contributed by atoms with E-state index in [1.54, 1.807) is 12.1 Å². The Hall–Kier alpha value is -2.09. The lowest BCUT2D eigenvalue weighted by Crippen LogP contribution is -2.34. The van der Waals surface area contributed by atoms with Crippen molar-refractivity contribution in [2.75, 3.05) is 13.7 Å². The maximum Gasteiger partial charge on any atom is 0.307 e. The molecule has 0 atom stereocenters. The first-order valence-corrected chi connectivity index (χ1v) is 6.80. The molecule has 0 saturated carbocycles. The Morgan fingerprint density at radius 3 is 2.71 bits per heavy atom. The van der Waals surface area contributed by atoms with Crippen LogP contribution in [0.25, 0.3) is 0 Å². The SMILES string of the molecule is COC(=O)CCNC(=O)C(Cc1ccc(O)c(Br)c1)=NO. The Morgan fingerprint density at radius 2 is 2.14 bits per heavy atom. The number of carbonyl (C=O) groups is 2. The number of hydrogen-bond acceptors (Lipinski definition) is 6. The largest absolute Gasteiger partial charge is 0.507 e. The van der Waals surface area contributed by atoms with Crippen molar-refractivity contribution in [1.29, 1.82) is 0 Å². The van der Waals surface area contributed by atoms with Gasteiger partial charge in [-0.3, -0.25) is 9.59 Å². The topological polar surface area (TPSA) is 108 Å². The Morgan fingerprint density at radius 1 is 1.43 bits per heavy atom. The van der Waals surface area contributed by atoms with Crippen molar-refractivity contribution in [3.8, 4) is 5.75 Å². The summed E-state index contributed by atoms with van der Waals surface area (Å²) in [5.74, 6) is -0.949. The van der Waals surface area contributed by atoms with Crippen LogP contribution in [-0.2, 0) is 20.7 Å². The molecule has 0 heterocycles. The van der Waals surface area contributed by atoms with Crippen LogP contribution in [0.4, 0.5) is 0 Å². The van der Waals surface area contributed by atoms with Crippen LogP contribution >= 0.6 is 15.9 Å². The number of nitrogens with one attached hydrogen (secondary N) is 1. The number of esters is 1. The molecule has 114 valence electrons. The van der Waals surface area contributed by atoms with E-state index < -0.39 is 11.9 Å². The highest BCUT2D eigenvalue weighted by molar-refractivity contribution is 9.10.